The number of hydrogen-bond donors (Lipinski definition) is 1. The van der Waals surface area contributed by atoms with Gasteiger partial charge in [0.05, 0.1) is 6.04 Å². The Labute approximate surface area is 112 Å². The zero-order valence-electron chi connectivity index (χ0n) is 11.0. The molecule has 2 aromatic rings. The number of ether oxygens (including phenoxy) is 1. The largest absolute Gasteiger partial charge is 0.491 e. The molecular weight excluding hydrogens is 242 g/mol. The molecule has 0 saturated heterocycles. The Hall–Kier alpha value is -2.07. The third-order valence-corrected chi connectivity index (χ3v) is 2.95. The van der Waals surface area contributed by atoms with Crippen LogP contribution in [0, 0.1) is 0 Å². The number of nitrogens with zero attached hydrogens (tertiary/aromatic N) is 1. The molecule has 1 atom stereocenters. The van der Waals surface area contributed by atoms with Crippen LogP contribution >= 0.6 is 0 Å². The lowest BCUT2D eigenvalue weighted by Crippen LogP contribution is -2.37. The summed E-state index contributed by atoms with van der Waals surface area (Å²) < 4.78 is 5.59. The van der Waals surface area contributed by atoms with Gasteiger partial charge in [0, 0.05) is 6.92 Å². The molecule has 0 saturated carbocycles. The van der Waals surface area contributed by atoms with Crippen molar-refractivity contribution in [2.24, 2.45) is 0 Å². The number of carbonyl (C=O) groups is 1. The molecule has 0 aliphatic heterocycles. The Balaban J connectivity index is 2.03. The summed E-state index contributed by atoms with van der Waals surface area (Å²) in [5.74, 6) is 0.331. The first-order valence-corrected chi connectivity index (χ1v) is 6.18. The lowest BCUT2D eigenvalue weighted by Gasteiger charge is -2.21. The first kappa shape index (κ1) is 13.4. The van der Waals surface area contributed by atoms with Crippen molar-refractivity contribution in [2.45, 2.75) is 19.9 Å². The zero-order chi connectivity index (χ0) is 13.8. The van der Waals surface area contributed by atoms with Crippen LogP contribution in [0.25, 0.3) is 10.8 Å². The quantitative estimate of drug-likeness (QED) is 0.678. The minimum absolute atomic E-state index is 0.244. The van der Waals surface area contributed by atoms with E-state index in [1.165, 1.54) is 6.92 Å². The number of benzene rings is 2. The molecule has 0 bridgehead atoms. The minimum atomic E-state index is -0.394. The number of carbonyl (C=O) groups excluding carboxylic acids is 1. The average Bonchev–Trinajstić information content (AvgIpc) is 2.43. The molecule has 0 radical (unpaired) electrons. The SMILES string of the molecule is CC(=O)N(O)C(C)COc1ccc2ccccc2c1. The molecule has 4 nitrogen and oxygen atoms in total. The fourth-order valence-corrected chi connectivity index (χ4v) is 1.85. The van der Waals surface area contributed by atoms with E-state index in [-0.39, 0.29) is 12.6 Å². The van der Waals surface area contributed by atoms with Crippen molar-refractivity contribution >= 4 is 16.7 Å². The second-order valence-electron chi connectivity index (χ2n) is 4.53. The highest BCUT2D eigenvalue weighted by Crippen LogP contribution is 2.20. The first-order chi connectivity index (χ1) is 9.08. The number of amides is 1. The average molecular weight is 259 g/mol. The standard InChI is InChI=1S/C15H17NO3/c1-11(16(18)12(2)17)10-19-15-8-7-13-5-3-4-6-14(13)9-15/h3-9,11,18H,10H2,1-2H3. The summed E-state index contributed by atoms with van der Waals surface area (Å²) in [6.45, 7) is 3.28. The van der Waals surface area contributed by atoms with Crippen molar-refractivity contribution in [3.05, 3.63) is 42.5 Å². The van der Waals surface area contributed by atoms with Gasteiger partial charge in [0.15, 0.2) is 0 Å². The zero-order valence-corrected chi connectivity index (χ0v) is 11.0. The van der Waals surface area contributed by atoms with Gasteiger partial charge in [-0.15, -0.1) is 0 Å². The second-order valence-corrected chi connectivity index (χ2v) is 4.53. The van der Waals surface area contributed by atoms with Crippen LogP contribution in [0.3, 0.4) is 0 Å². The van der Waals surface area contributed by atoms with Crippen molar-refractivity contribution in [1.82, 2.24) is 5.06 Å². The van der Waals surface area contributed by atoms with Gasteiger partial charge in [0.25, 0.3) is 0 Å². The minimum Gasteiger partial charge on any atom is -0.491 e. The van der Waals surface area contributed by atoms with E-state index in [2.05, 4.69) is 0 Å². The predicted octanol–water partition coefficient (Wildman–Crippen LogP) is 2.84. The first-order valence-electron chi connectivity index (χ1n) is 6.18. The van der Waals surface area contributed by atoms with Crippen LogP contribution in [0.1, 0.15) is 13.8 Å². The third kappa shape index (κ3) is 3.23. The Morgan fingerprint density at radius 2 is 1.95 bits per heavy atom. The molecule has 1 N–H and O–H groups in total. The van der Waals surface area contributed by atoms with Gasteiger partial charge in [-0.2, -0.15) is 0 Å². The van der Waals surface area contributed by atoms with Crippen LogP contribution in [0.4, 0.5) is 0 Å². The normalized spacial score (nSPS) is 12.2. The summed E-state index contributed by atoms with van der Waals surface area (Å²) in [6.07, 6.45) is 0. The van der Waals surface area contributed by atoms with E-state index in [1.807, 2.05) is 42.5 Å². The van der Waals surface area contributed by atoms with E-state index in [9.17, 15) is 10.0 Å². The van der Waals surface area contributed by atoms with Crippen LogP contribution in [0.2, 0.25) is 0 Å². The Morgan fingerprint density at radius 1 is 1.26 bits per heavy atom. The van der Waals surface area contributed by atoms with Gasteiger partial charge in [-0.3, -0.25) is 10.0 Å². The summed E-state index contributed by atoms with van der Waals surface area (Å²) >= 11 is 0. The maximum absolute atomic E-state index is 11.0. The van der Waals surface area contributed by atoms with Gasteiger partial charge in [0.1, 0.15) is 12.4 Å². The van der Waals surface area contributed by atoms with Crippen LogP contribution < -0.4 is 4.74 Å². The predicted molar refractivity (Wildman–Crippen MR) is 73.2 cm³/mol. The summed E-state index contributed by atoms with van der Waals surface area (Å²) in [4.78, 5) is 11.0. The molecule has 2 rings (SSSR count). The summed E-state index contributed by atoms with van der Waals surface area (Å²) in [5, 5.41) is 12.4. The lowest BCUT2D eigenvalue weighted by atomic mass is 10.1. The van der Waals surface area contributed by atoms with Crippen LogP contribution in [0.5, 0.6) is 5.75 Å². The summed E-state index contributed by atoms with van der Waals surface area (Å²) in [7, 11) is 0. The van der Waals surface area contributed by atoms with Gasteiger partial charge in [-0.1, -0.05) is 30.3 Å². The van der Waals surface area contributed by atoms with Crippen molar-refractivity contribution in [1.29, 1.82) is 0 Å². The Morgan fingerprint density at radius 3 is 2.63 bits per heavy atom. The second kappa shape index (κ2) is 5.71. The molecule has 1 amide bonds. The number of hydrogen-bond acceptors (Lipinski definition) is 3. The lowest BCUT2D eigenvalue weighted by molar-refractivity contribution is -0.173. The van der Waals surface area contributed by atoms with Gasteiger partial charge in [-0.25, -0.2) is 5.06 Å². The molecule has 19 heavy (non-hydrogen) atoms. The molecule has 0 aliphatic carbocycles. The van der Waals surface area contributed by atoms with E-state index in [4.69, 9.17) is 4.74 Å². The maximum atomic E-state index is 11.0. The molecule has 0 fully saturated rings. The van der Waals surface area contributed by atoms with Crippen LogP contribution in [-0.2, 0) is 4.79 Å². The molecule has 0 heterocycles. The van der Waals surface area contributed by atoms with E-state index >= 15 is 0 Å². The molecule has 4 heteroatoms. The topological polar surface area (TPSA) is 49.8 Å². The van der Waals surface area contributed by atoms with Crippen molar-refractivity contribution in [2.75, 3.05) is 6.61 Å². The highest BCUT2D eigenvalue weighted by atomic mass is 16.5. The maximum Gasteiger partial charge on any atom is 0.243 e. The van der Waals surface area contributed by atoms with Gasteiger partial charge in [-0.05, 0) is 29.8 Å². The van der Waals surface area contributed by atoms with Gasteiger partial charge >= 0.3 is 0 Å². The highest BCUT2D eigenvalue weighted by Gasteiger charge is 2.14. The van der Waals surface area contributed by atoms with Gasteiger partial charge < -0.3 is 4.74 Å². The smallest absolute Gasteiger partial charge is 0.243 e. The van der Waals surface area contributed by atoms with Crippen molar-refractivity contribution in [3.63, 3.8) is 0 Å². The fraction of sp³-hybridized carbons (Fsp3) is 0.267. The van der Waals surface area contributed by atoms with E-state index in [0.29, 0.717) is 5.06 Å². The molecular formula is C15H17NO3. The van der Waals surface area contributed by atoms with Gasteiger partial charge in [0.2, 0.25) is 5.91 Å². The molecule has 1 unspecified atom stereocenters. The number of fused-ring (bicyclic) bond motifs is 1. The van der Waals surface area contributed by atoms with Crippen molar-refractivity contribution < 1.29 is 14.7 Å². The number of hydroxylamine groups is 2. The van der Waals surface area contributed by atoms with Crippen LogP contribution in [0.15, 0.2) is 42.5 Å². The Kier molecular flexibility index (Phi) is 4.02. The van der Waals surface area contributed by atoms with Crippen LogP contribution in [-0.4, -0.2) is 28.8 Å². The summed E-state index contributed by atoms with van der Waals surface area (Å²) in [5.41, 5.74) is 0. The number of rotatable bonds is 4. The molecule has 0 spiro atoms. The highest BCUT2D eigenvalue weighted by molar-refractivity contribution is 5.83. The monoisotopic (exact) mass is 259 g/mol. The summed E-state index contributed by atoms with van der Waals surface area (Å²) in [6, 6.07) is 13.4. The van der Waals surface area contributed by atoms with E-state index in [1.54, 1.807) is 6.92 Å². The molecule has 0 aliphatic rings. The molecule has 2 aromatic carbocycles. The van der Waals surface area contributed by atoms with Crippen molar-refractivity contribution in [3.8, 4) is 5.75 Å². The molecule has 0 aromatic heterocycles. The van der Waals surface area contributed by atoms with E-state index < -0.39 is 5.91 Å². The van der Waals surface area contributed by atoms with E-state index in [0.717, 1.165) is 16.5 Å². The Bertz CT molecular complexity index is 582. The fourth-order valence-electron chi connectivity index (χ4n) is 1.85. The third-order valence-electron chi connectivity index (χ3n) is 2.95. The molecule has 100 valence electrons.